The van der Waals surface area contributed by atoms with Gasteiger partial charge in [-0.2, -0.15) is 0 Å². The van der Waals surface area contributed by atoms with Crippen molar-refractivity contribution in [2.45, 2.75) is 25.0 Å². The van der Waals surface area contributed by atoms with Crippen LogP contribution < -0.4 is 5.32 Å². The third kappa shape index (κ3) is 2.97. The first kappa shape index (κ1) is 11.7. The number of nitrogens with one attached hydrogen (secondary N) is 1. The van der Waals surface area contributed by atoms with Gasteiger partial charge in [-0.3, -0.25) is 4.79 Å². The Balaban J connectivity index is 0.00000121. The highest BCUT2D eigenvalue weighted by Gasteiger charge is 2.25. The van der Waals surface area contributed by atoms with E-state index in [2.05, 4.69) is 10.1 Å². The van der Waals surface area contributed by atoms with Crippen LogP contribution in [0.2, 0.25) is 0 Å². The minimum Gasteiger partial charge on any atom is -0.468 e. The monoisotopic (exact) mass is 195 g/mol. The molecule has 72 valence electrons. The van der Waals surface area contributed by atoms with E-state index in [0.29, 0.717) is 19.4 Å². The summed E-state index contributed by atoms with van der Waals surface area (Å²) in [6.45, 7) is 0.681. The lowest BCUT2D eigenvalue weighted by Crippen LogP contribution is -2.45. The third-order valence-electron chi connectivity index (χ3n) is 1.86. The quantitative estimate of drug-likeness (QED) is 0.564. The Morgan fingerprint density at radius 2 is 2.33 bits per heavy atom. The van der Waals surface area contributed by atoms with E-state index >= 15 is 0 Å². The molecule has 1 saturated heterocycles. The van der Waals surface area contributed by atoms with Crippen molar-refractivity contribution >= 4 is 18.4 Å². The fraction of sp³-hybridized carbons (Fsp3) is 0.857. The van der Waals surface area contributed by atoms with E-state index in [-0.39, 0.29) is 30.5 Å². The highest BCUT2D eigenvalue weighted by atomic mass is 35.5. The van der Waals surface area contributed by atoms with Gasteiger partial charge in [-0.15, -0.1) is 12.4 Å². The van der Waals surface area contributed by atoms with Crippen LogP contribution in [0.25, 0.3) is 0 Å². The number of aliphatic hydroxyl groups excluding tert-OH is 1. The number of rotatable bonds is 1. The molecule has 0 aliphatic carbocycles. The molecule has 2 N–H and O–H groups in total. The molecule has 1 rings (SSSR count). The van der Waals surface area contributed by atoms with Gasteiger partial charge in [0.25, 0.3) is 0 Å². The molecular weight excluding hydrogens is 182 g/mol. The van der Waals surface area contributed by atoms with Crippen LogP contribution in [0, 0.1) is 0 Å². The number of methoxy groups -OCH3 is 1. The summed E-state index contributed by atoms with van der Waals surface area (Å²) in [7, 11) is 1.35. The Morgan fingerprint density at radius 1 is 1.67 bits per heavy atom. The molecule has 0 aromatic carbocycles. The maximum absolute atomic E-state index is 10.9. The van der Waals surface area contributed by atoms with Gasteiger partial charge in [0, 0.05) is 0 Å². The molecule has 4 nitrogen and oxygen atoms in total. The van der Waals surface area contributed by atoms with Gasteiger partial charge in [-0.25, -0.2) is 0 Å². The Bertz CT molecular complexity index is 154. The summed E-state index contributed by atoms with van der Waals surface area (Å²) in [5.74, 6) is -0.288. The number of esters is 1. The fourth-order valence-electron chi connectivity index (χ4n) is 1.22. The molecule has 1 heterocycles. The van der Waals surface area contributed by atoms with E-state index < -0.39 is 0 Å². The zero-order valence-corrected chi connectivity index (χ0v) is 7.76. The van der Waals surface area contributed by atoms with Crippen LogP contribution in [0.15, 0.2) is 0 Å². The first-order chi connectivity index (χ1) is 5.24. The summed E-state index contributed by atoms with van der Waals surface area (Å²) in [4.78, 5) is 10.9. The molecular formula is C7H14ClNO3. The number of aliphatic hydroxyl groups is 1. The Hall–Kier alpha value is -0.320. The standard InChI is InChI=1S/C7H13NO3.ClH/c1-11-7(10)6-4-5(9)2-3-8-6;/h5-6,8-9H,2-4H2,1H3;1H/t5-,6+;/m1./s1. The minimum atomic E-state index is -0.361. The minimum absolute atomic E-state index is 0. The smallest absolute Gasteiger partial charge is 0.322 e. The van der Waals surface area contributed by atoms with Crippen LogP contribution in [0.5, 0.6) is 0 Å². The molecule has 1 aliphatic heterocycles. The lowest BCUT2D eigenvalue weighted by molar-refractivity contribution is -0.144. The average Bonchev–Trinajstić information content (AvgIpc) is 2.03. The van der Waals surface area contributed by atoms with Crippen molar-refractivity contribution in [3.63, 3.8) is 0 Å². The van der Waals surface area contributed by atoms with Crippen LogP contribution in [-0.4, -0.2) is 36.9 Å². The molecule has 0 aromatic rings. The SMILES string of the molecule is COC(=O)[C@@H]1C[C@H](O)CCN1.Cl. The third-order valence-corrected chi connectivity index (χ3v) is 1.86. The van der Waals surface area contributed by atoms with Gasteiger partial charge in [0.1, 0.15) is 6.04 Å². The first-order valence-corrected chi connectivity index (χ1v) is 3.73. The second kappa shape index (κ2) is 5.35. The fourth-order valence-corrected chi connectivity index (χ4v) is 1.22. The van der Waals surface area contributed by atoms with E-state index in [1.807, 2.05) is 0 Å². The summed E-state index contributed by atoms with van der Waals surface area (Å²) in [5.41, 5.74) is 0. The number of hydrogen-bond acceptors (Lipinski definition) is 4. The summed E-state index contributed by atoms with van der Waals surface area (Å²) >= 11 is 0. The van der Waals surface area contributed by atoms with Gasteiger partial charge in [-0.05, 0) is 19.4 Å². The second-order valence-corrected chi connectivity index (χ2v) is 2.71. The molecule has 0 amide bonds. The van der Waals surface area contributed by atoms with Crippen molar-refractivity contribution in [1.82, 2.24) is 5.32 Å². The molecule has 1 aliphatic rings. The zero-order valence-electron chi connectivity index (χ0n) is 6.95. The van der Waals surface area contributed by atoms with Crippen molar-refractivity contribution < 1.29 is 14.6 Å². The molecule has 0 aromatic heterocycles. The lowest BCUT2D eigenvalue weighted by Gasteiger charge is -2.24. The lowest BCUT2D eigenvalue weighted by atomic mass is 10.0. The van der Waals surface area contributed by atoms with Crippen molar-refractivity contribution in [3.05, 3.63) is 0 Å². The largest absolute Gasteiger partial charge is 0.468 e. The van der Waals surface area contributed by atoms with Gasteiger partial charge < -0.3 is 15.2 Å². The van der Waals surface area contributed by atoms with Gasteiger partial charge >= 0.3 is 5.97 Å². The zero-order chi connectivity index (χ0) is 8.27. The van der Waals surface area contributed by atoms with Crippen LogP contribution in [0.4, 0.5) is 0 Å². The van der Waals surface area contributed by atoms with Crippen LogP contribution in [-0.2, 0) is 9.53 Å². The molecule has 0 saturated carbocycles. The summed E-state index contributed by atoms with van der Waals surface area (Å²) < 4.78 is 4.53. The Kier molecular flexibility index (Phi) is 5.20. The maximum Gasteiger partial charge on any atom is 0.322 e. The van der Waals surface area contributed by atoms with Crippen molar-refractivity contribution in [1.29, 1.82) is 0 Å². The van der Waals surface area contributed by atoms with E-state index in [1.165, 1.54) is 7.11 Å². The number of ether oxygens (including phenoxy) is 1. The Labute approximate surface area is 77.7 Å². The topological polar surface area (TPSA) is 58.6 Å². The van der Waals surface area contributed by atoms with Crippen LogP contribution in [0.1, 0.15) is 12.8 Å². The van der Waals surface area contributed by atoms with Gasteiger partial charge in [-0.1, -0.05) is 0 Å². The molecule has 5 heteroatoms. The summed E-state index contributed by atoms with van der Waals surface area (Å²) in [6, 6.07) is -0.316. The van der Waals surface area contributed by atoms with E-state index in [0.717, 1.165) is 0 Å². The van der Waals surface area contributed by atoms with Crippen molar-refractivity contribution in [3.8, 4) is 0 Å². The van der Waals surface area contributed by atoms with Gasteiger partial charge in [0.15, 0.2) is 0 Å². The predicted octanol–water partition coefficient (Wildman–Crippen LogP) is -0.306. The molecule has 1 fully saturated rings. The Morgan fingerprint density at radius 3 is 2.83 bits per heavy atom. The second-order valence-electron chi connectivity index (χ2n) is 2.71. The van der Waals surface area contributed by atoms with Crippen LogP contribution >= 0.6 is 12.4 Å². The van der Waals surface area contributed by atoms with E-state index in [9.17, 15) is 9.90 Å². The van der Waals surface area contributed by atoms with Gasteiger partial charge in [0.2, 0.25) is 0 Å². The van der Waals surface area contributed by atoms with Gasteiger partial charge in [0.05, 0.1) is 13.2 Å². The average molecular weight is 196 g/mol. The molecule has 2 atom stereocenters. The summed E-state index contributed by atoms with van der Waals surface area (Å²) in [6.07, 6.45) is 0.820. The normalized spacial score (nSPS) is 28.8. The first-order valence-electron chi connectivity index (χ1n) is 3.73. The van der Waals surface area contributed by atoms with Crippen LogP contribution in [0.3, 0.4) is 0 Å². The molecule has 12 heavy (non-hydrogen) atoms. The molecule has 0 radical (unpaired) electrons. The summed E-state index contributed by atoms with van der Waals surface area (Å²) in [5, 5.41) is 12.1. The predicted molar refractivity (Wildman–Crippen MR) is 46.3 cm³/mol. The molecule has 0 bridgehead atoms. The number of piperidine rings is 1. The number of carbonyl (C=O) groups excluding carboxylic acids is 1. The molecule has 0 unspecified atom stereocenters. The van der Waals surface area contributed by atoms with E-state index in [4.69, 9.17) is 0 Å². The highest BCUT2D eigenvalue weighted by Crippen LogP contribution is 2.08. The maximum atomic E-state index is 10.9. The number of halogens is 1. The van der Waals surface area contributed by atoms with Crippen molar-refractivity contribution in [2.24, 2.45) is 0 Å². The van der Waals surface area contributed by atoms with Crippen molar-refractivity contribution in [2.75, 3.05) is 13.7 Å². The number of carbonyl (C=O) groups is 1. The van der Waals surface area contributed by atoms with E-state index in [1.54, 1.807) is 0 Å². The molecule has 0 spiro atoms. The number of hydrogen-bond donors (Lipinski definition) is 2. The highest BCUT2D eigenvalue weighted by molar-refractivity contribution is 5.85.